The fraction of sp³-hybridized carbons (Fsp3) is 0.526. The van der Waals surface area contributed by atoms with Crippen LogP contribution in [0.2, 0.25) is 0 Å². The fourth-order valence-electron chi connectivity index (χ4n) is 3.44. The molecular weight excluding hydrogens is 380 g/mol. The van der Waals surface area contributed by atoms with Gasteiger partial charge >= 0.3 is 0 Å². The molecule has 2 heterocycles. The Labute approximate surface area is 172 Å². The normalized spacial score (nSPS) is 16.4. The quantitative estimate of drug-likeness (QED) is 0.584. The van der Waals surface area contributed by atoms with E-state index in [0.29, 0.717) is 13.2 Å². The second-order valence-corrected chi connectivity index (χ2v) is 6.55. The molecule has 9 heteroatoms. The molecule has 0 amide bonds. The summed E-state index contributed by atoms with van der Waals surface area (Å²) in [5.74, 6) is 1.68. The van der Waals surface area contributed by atoms with E-state index in [9.17, 15) is 0 Å². The maximum atomic E-state index is 5.31. The van der Waals surface area contributed by atoms with Crippen molar-refractivity contribution in [3.63, 3.8) is 0 Å². The van der Waals surface area contributed by atoms with Crippen molar-refractivity contribution in [2.24, 2.45) is 0 Å². The lowest BCUT2D eigenvalue weighted by atomic mass is 10.0. The molecule has 1 aliphatic rings. The summed E-state index contributed by atoms with van der Waals surface area (Å²) in [5.41, 5.74) is 1.15. The highest BCUT2D eigenvalue weighted by Crippen LogP contribution is 2.29. The van der Waals surface area contributed by atoms with Gasteiger partial charge in [-0.2, -0.15) is 0 Å². The van der Waals surface area contributed by atoms with E-state index < -0.39 is 0 Å². The molecule has 0 radical (unpaired) electrons. The number of tetrazole rings is 1. The van der Waals surface area contributed by atoms with Gasteiger partial charge in [0.05, 0.1) is 26.3 Å². The third kappa shape index (κ3) is 5.29. The van der Waals surface area contributed by atoms with Gasteiger partial charge in [0.25, 0.3) is 0 Å². The van der Waals surface area contributed by atoms with Crippen molar-refractivity contribution in [2.45, 2.75) is 12.6 Å². The molecule has 2 aromatic rings. The summed E-state index contributed by atoms with van der Waals surface area (Å²) in [5, 5.41) is 12.5. The highest BCUT2D eigenvalue weighted by atomic mass is 35.5. The highest BCUT2D eigenvalue weighted by Gasteiger charge is 2.30. The molecule has 28 heavy (non-hydrogen) atoms. The molecule has 154 valence electrons. The molecule has 1 saturated heterocycles. The van der Waals surface area contributed by atoms with Crippen molar-refractivity contribution in [3.8, 4) is 5.75 Å². The van der Waals surface area contributed by atoms with Crippen LogP contribution >= 0.6 is 12.4 Å². The van der Waals surface area contributed by atoms with Crippen molar-refractivity contribution in [1.82, 2.24) is 30.0 Å². The first-order chi connectivity index (χ1) is 13.3. The second kappa shape index (κ2) is 11.1. The molecule has 3 rings (SSSR count). The predicted molar refractivity (Wildman–Crippen MR) is 110 cm³/mol. The first kappa shape index (κ1) is 22.3. The molecule has 1 aromatic carbocycles. The molecule has 1 unspecified atom stereocenters. The molecule has 0 saturated carbocycles. The molecule has 0 spiro atoms. The van der Waals surface area contributed by atoms with E-state index in [1.807, 2.05) is 22.9 Å². The summed E-state index contributed by atoms with van der Waals surface area (Å²) in [6.07, 6.45) is 1.96. The Hall–Kier alpha value is -2.00. The maximum absolute atomic E-state index is 5.31. The monoisotopic (exact) mass is 408 g/mol. The van der Waals surface area contributed by atoms with E-state index in [1.54, 1.807) is 14.2 Å². The molecule has 0 bridgehead atoms. The minimum absolute atomic E-state index is 0. The van der Waals surface area contributed by atoms with Gasteiger partial charge in [0.1, 0.15) is 5.75 Å². The van der Waals surface area contributed by atoms with Crippen molar-refractivity contribution >= 4 is 12.4 Å². The number of benzene rings is 1. The van der Waals surface area contributed by atoms with Gasteiger partial charge in [0.15, 0.2) is 5.82 Å². The summed E-state index contributed by atoms with van der Waals surface area (Å²) in [6, 6.07) is 8.15. The maximum Gasteiger partial charge on any atom is 0.173 e. The van der Waals surface area contributed by atoms with E-state index >= 15 is 0 Å². The molecule has 8 nitrogen and oxygen atoms in total. The fourth-order valence-corrected chi connectivity index (χ4v) is 3.44. The number of nitrogens with zero attached hydrogens (tertiary/aromatic N) is 6. The van der Waals surface area contributed by atoms with Crippen molar-refractivity contribution in [3.05, 3.63) is 48.3 Å². The molecule has 1 aromatic heterocycles. The van der Waals surface area contributed by atoms with Gasteiger partial charge in [-0.05, 0) is 28.1 Å². The Balaban J connectivity index is 0.00000280. The summed E-state index contributed by atoms with van der Waals surface area (Å²) >= 11 is 0. The Morgan fingerprint density at radius 3 is 2.46 bits per heavy atom. The lowest BCUT2D eigenvalue weighted by molar-refractivity contribution is 0.111. The summed E-state index contributed by atoms with van der Waals surface area (Å²) in [6.45, 7) is 9.85. The minimum atomic E-state index is -0.00589. The van der Waals surface area contributed by atoms with Crippen LogP contribution in [0, 0.1) is 0 Å². The molecule has 1 fully saturated rings. The van der Waals surface area contributed by atoms with Crippen LogP contribution in [0.1, 0.15) is 17.4 Å². The minimum Gasteiger partial charge on any atom is -0.497 e. The van der Waals surface area contributed by atoms with Crippen molar-refractivity contribution < 1.29 is 9.47 Å². The van der Waals surface area contributed by atoms with Crippen LogP contribution < -0.4 is 4.74 Å². The zero-order valence-electron chi connectivity index (χ0n) is 16.5. The average Bonchev–Trinajstić information content (AvgIpc) is 3.17. The number of hydrogen-bond donors (Lipinski definition) is 0. The second-order valence-electron chi connectivity index (χ2n) is 6.55. The topological polar surface area (TPSA) is 68.5 Å². The number of halogens is 1. The number of piperazine rings is 1. The Morgan fingerprint density at radius 2 is 1.86 bits per heavy atom. The van der Waals surface area contributed by atoms with Gasteiger partial charge in [-0.25, -0.2) is 4.68 Å². The molecular formula is C19H29ClN6O2. The van der Waals surface area contributed by atoms with E-state index in [-0.39, 0.29) is 18.4 Å². The SMILES string of the molecule is C=CCN1CCN(C(c2ccc(OC)cc2)c2nnnn2CCOC)CC1.Cl. The van der Waals surface area contributed by atoms with Gasteiger partial charge in [0, 0.05) is 39.8 Å². The Kier molecular flexibility index (Phi) is 8.85. The summed E-state index contributed by atoms with van der Waals surface area (Å²) in [7, 11) is 3.36. The van der Waals surface area contributed by atoms with Crippen LogP contribution in [0.25, 0.3) is 0 Å². The molecule has 1 aliphatic heterocycles. The van der Waals surface area contributed by atoms with Crippen molar-refractivity contribution in [1.29, 1.82) is 0 Å². The van der Waals surface area contributed by atoms with Crippen LogP contribution in [0.5, 0.6) is 5.75 Å². The third-order valence-corrected chi connectivity index (χ3v) is 4.90. The van der Waals surface area contributed by atoms with Gasteiger partial charge in [-0.1, -0.05) is 18.2 Å². The summed E-state index contributed by atoms with van der Waals surface area (Å²) in [4.78, 5) is 4.85. The van der Waals surface area contributed by atoms with Crippen LogP contribution in [0.4, 0.5) is 0 Å². The standard InChI is InChI=1S/C19H28N6O2.ClH/c1-4-9-23-10-12-24(13-11-23)18(16-5-7-17(27-3)8-6-16)19-20-21-22-25(19)14-15-26-2;/h4-8,18H,1,9-15H2,2-3H3;1H. The Bertz CT molecular complexity index is 715. The van der Waals surface area contributed by atoms with Gasteiger partial charge in [0.2, 0.25) is 0 Å². The Morgan fingerprint density at radius 1 is 1.14 bits per heavy atom. The van der Waals surface area contributed by atoms with Gasteiger partial charge in [-0.3, -0.25) is 9.80 Å². The largest absolute Gasteiger partial charge is 0.497 e. The number of hydrogen-bond acceptors (Lipinski definition) is 7. The molecule has 0 N–H and O–H groups in total. The zero-order chi connectivity index (χ0) is 19.1. The number of methoxy groups -OCH3 is 2. The third-order valence-electron chi connectivity index (χ3n) is 4.90. The van der Waals surface area contributed by atoms with Crippen LogP contribution in [0.3, 0.4) is 0 Å². The number of ether oxygens (including phenoxy) is 2. The van der Waals surface area contributed by atoms with Gasteiger partial charge < -0.3 is 9.47 Å². The average molecular weight is 409 g/mol. The first-order valence-corrected chi connectivity index (χ1v) is 9.23. The molecule has 0 aliphatic carbocycles. The van der Waals surface area contributed by atoms with E-state index in [2.05, 4.69) is 44.0 Å². The predicted octanol–water partition coefficient (Wildman–Crippen LogP) is 1.64. The van der Waals surface area contributed by atoms with E-state index in [1.165, 1.54) is 0 Å². The van der Waals surface area contributed by atoms with E-state index in [4.69, 9.17) is 9.47 Å². The van der Waals surface area contributed by atoms with Gasteiger partial charge in [-0.15, -0.1) is 24.1 Å². The highest BCUT2D eigenvalue weighted by molar-refractivity contribution is 5.85. The zero-order valence-corrected chi connectivity index (χ0v) is 17.3. The van der Waals surface area contributed by atoms with E-state index in [0.717, 1.165) is 49.9 Å². The van der Waals surface area contributed by atoms with Crippen molar-refractivity contribution in [2.75, 3.05) is 53.6 Å². The molecule has 1 atom stereocenters. The van der Waals surface area contributed by atoms with Crippen LogP contribution in [-0.2, 0) is 11.3 Å². The summed E-state index contributed by atoms with van der Waals surface area (Å²) < 4.78 is 12.4. The lowest BCUT2D eigenvalue weighted by Crippen LogP contribution is -2.48. The smallest absolute Gasteiger partial charge is 0.173 e. The van der Waals surface area contributed by atoms with Crippen LogP contribution in [-0.4, -0.2) is 83.6 Å². The van der Waals surface area contributed by atoms with Crippen LogP contribution in [0.15, 0.2) is 36.9 Å². The first-order valence-electron chi connectivity index (χ1n) is 9.23. The number of aromatic nitrogens is 4. The lowest BCUT2D eigenvalue weighted by Gasteiger charge is -2.38. The number of rotatable bonds is 9.